The number of carbonyl (C=O) groups excluding carboxylic acids is 1. The molecule has 1 aromatic heterocycles. The maximum absolute atomic E-state index is 11.8. The molecule has 0 aliphatic heterocycles. The Labute approximate surface area is 140 Å². The lowest BCUT2D eigenvalue weighted by molar-refractivity contribution is -0.121. The first kappa shape index (κ1) is 20.9. The van der Waals surface area contributed by atoms with Crippen LogP contribution in [0.4, 0.5) is 0 Å². The van der Waals surface area contributed by atoms with Crippen molar-refractivity contribution < 1.29 is 4.79 Å². The highest BCUT2D eigenvalue weighted by Gasteiger charge is 2.13. The third-order valence-corrected chi connectivity index (χ3v) is 3.59. The Morgan fingerprint density at radius 3 is 2.50 bits per heavy atom. The number of nitrogens with zero attached hydrogens (tertiary/aromatic N) is 2. The third-order valence-electron chi connectivity index (χ3n) is 3.59. The van der Waals surface area contributed by atoms with E-state index in [1.165, 1.54) is 11.3 Å². The lowest BCUT2D eigenvalue weighted by atomic mass is 10.1. The van der Waals surface area contributed by atoms with Gasteiger partial charge in [-0.2, -0.15) is 5.10 Å². The Hall–Kier alpha value is -1.07. The molecular weight excluding hydrogens is 300 g/mol. The molecular formula is C16H31ClN4O. The van der Waals surface area contributed by atoms with Crippen LogP contribution in [0.3, 0.4) is 0 Å². The van der Waals surface area contributed by atoms with E-state index in [-0.39, 0.29) is 24.4 Å². The van der Waals surface area contributed by atoms with E-state index in [0.29, 0.717) is 18.9 Å². The van der Waals surface area contributed by atoms with Crippen molar-refractivity contribution in [3.63, 3.8) is 0 Å². The zero-order valence-electron chi connectivity index (χ0n) is 14.5. The van der Waals surface area contributed by atoms with Crippen LogP contribution < -0.4 is 11.1 Å². The molecule has 0 bridgehead atoms. The predicted molar refractivity (Wildman–Crippen MR) is 93.4 cm³/mol. The minimum absolute atomic E-state index is 0. The minimum atomic E-state index is 0. The fourth-order valence-corrected chi connectivity index (χ4v) is 2.39. The number of halogens is 1. The van der Waals surface area contributed by atoms with E-state index >= 15 is 0 Å². The Bertz CT molecular complexity index is 469. The largest absolute Gasteiger partial charge is 0.356 e. The van der Waals surface area contributed by atoms with Crippen molar-refractivity contribution in [3.05, 3.63) is 17.0 Å². The molecule has 1 atom stereocenters. The zero-order valence-corrected chi connectivity index (χ0v) is 15.3. The molecule has 1 aromatic rings. The van der Waals surface area contributed by atoms with Crippen LogP contribution in [0.5, 0.6) is 0 Å². The van der Waals surface area contributed by atoms with E-state index in [1.807, 2.05) is 13.8 Å². The van der Waals surface area contributed by atoms with Crippen molar-refractivity contribution in [1.82, 2.24) is 15.1 Å². The third kappa shape index (κ3) is 6.79. The van der Waals surface area contributed by atoms with Gasteiger partial charge in [0.25, 0.3) is 0 Å². The quantitative estimate of drug-likeness (QED) is 0.768. The van der Waals surface area contributed by atoms with Crippen LogP contribution in [-0.2, 0) is 17.8 Å². The van der Waals surface area contributed by atoms with E-state index in [1.54, 1.807) is 0 Å². The van der Waals surface area contributed by atoms with E-state index in [4.69, 9.17) is 5.73 Å². The van der Waals surface area contributed by atoms with E-state index in [9.17, 15) is 4.79 Å². The lowest BCUT2D eigenvalue weighted by Gasteiger charge is -2.09. The SMILES string of the molecule is Cc1nn(CC(C)C)c(C)c1CCC(=O)NCCC(C)N.Cl. The second kappa shape index (κ2) is 9.85. The lowest BCUT2D eigenvalue weighted by Crippen LogP contribution is -2.29. The van der Waals surface area contributed by atoms with Gasteiger partial charge in [0.05, 0.1) is 5.69 Å². The zero-order chi connectivity index (χ0) is 16.0. The van der Waals surface area contributed by atoms with Gasteiger partial charge in [-0.05, 0) is 45.1 Å². The van der Waals surface area contributed by atoms with E-state index in [0.717, 1.165) is 25.1 Å². The average molecular weight is 331 g/mol. The van der Waals surface area contributed by atoms with E-state index < -0.39 is 0 Å². The molecule has 0 fully saturated rings. The molecule has 1 amide bonds. The number of aromatic nitrogens is 2. The summed E-state index contributed by atoms with van der Waals surface area (Å²) in [6.07, 6.45) is 2.07. The molecule has 22 heavy (non-hydrogen) atoms. The van der Waals surface area contributed by atoms with Crippen molar-refractivity contribution in [2.75, 3.05) is 6.54 Å². The Morgan fingerprint density at radius 2 is 1.95 bits per heavy atom. The van der Waals surface area contributed by atoms with Gasteiger partial charge in [0, 0.05) is 31.2 Å². The monoisotopic (exact) mass is 330 g/mol. The summed E-state index contributed by atoms with van der Waals surface area (Å²) in [5.41, 5.74) is 9.09. The fourth-order valence-electron chi connectivity index (χ4n) is 2.39. The van der Waals surface area contributed by atoms with Crippen molar-refractivity contribution >= 4 is 18.3 Å². The molecule has 0 aromatic carbocycles. The maximum Gasteiger partial charge on any atom is 0.220 e. The van der Waals surface area contributed by atoms with Gasteiger partial charge < -0.3 is 11.1 Å². The molecule has 1 heterocycles. The summed E-state index contributed by atoms with van der Waals surface area (Å²) >= 11 is 0. The summed E-state index contributed by atoms with van der Waals surface area (Å²) in [5.74, 6) is 0.656. The molecule has 1 rings (SSSR count). The van der Waals surface area contributed by atoms with Crippen molar-refractivity contribution in [3.8, 4) is 0 Å². The second-order valence-electron chi connectivity index (χ2n) is 6.34. The van der Waals surface area contributed by atoms with Crippen LogP contribution in [0.15, 0.2) is 0 Å². The van der Waals surface area contributed by atoms with Crippen LogP contribution in [0.1, 0.15) is 50.6 Å². The van der Waals surface area contributed by atoms with Gasteiger partial charge in [-0.15, -0.1) is 12.4 Å². The van der Waals surface area contributed by atoms with Gasteiger partial charge in [0.15, 0.2) is 0 Å². The first-order valence-electron chi connectivity index (χ1n) is 7.86. The molecule has 0 aliphatic rings. The summed E-state index contributed by atoms with van der Waals surface area (Å²) in [6.45, 7) is 12.0. The molecule has 0 saturated carbocycles. The number of carbonyl (C=O) groups is 1. The number of hydrogen-bond donors (Lipinski definition) is 2. The first-order valence-corrected chi connectivity index (χ1v) is 7.86. The van der Waals surface area contributed by atoms with Crippen LogP contribution in [0.2, 0.25) is 0 Å². The number of nitrogens with one attached hydrogen (secondary N) is 1. The molecule has 0 aliphatic carbocycles. The second-order valence-corrected chi connectivity index (χ2v) is 6.34. The molecule has 6 heteroatoms. The molecule has 128 valence electrons. The number of aryl methyl sites for hydroxylation is 1. The van der Waals surface area contributed by atoms with Gasteiger partial charge in [-0.1, -0.05) is 13.8 Å². The van der Waals surface area contributed by atoms with Gasteiger partial charge in [-0.25, -0.2) is 0 Å². The highest BCUT2D eigenvalue weighted by atomic mass is 35.5. The molecule has 0 spiro atoms. The van der Waals surface area contributed by atoms with Gasteiger partial charge in [0.1, 0.15) is 0 Å². The highest BCUT2D eigenvalue weighted by molar-refractivity contribution is 5.85. The topological polar surface area (TPSA) is 72.9 Å². The van der Waals surface area contributed by atoms with Crippen molar-refractivity contribution in [2.45, 2.75) is 66.5 Å². The average Bonchev–Trinajstić information content (AvgIpc) is 2.61. The summed E-state index contributed by atoms with van der Waals surface area (Å²) in [6, 6.07) is 0.129. The Morgan fingerprint density at radius 1 is 1.32 bits per heavy atom. The fraction of sp³-hybridized carbons (Fsp3) is 0.750. The summed E-state index contributed by atoms with van der Waals surface area (Å²) in [4.78, 5) is 11.8. The maximum atomic E-state index is 11.8. The summed E-state index contributed by atoms with van der Waals surface area (Å²) < 4.78 is 2.06. The number of amides is 1. The minimum Gasteiger partial charge on any atom is -0.356 e. The van der Waals surface area contributed by atoms with Gasteiger partial charge >= 0.3 is 0 Å². The number of nitrogens with two attached hydrogens (primary N) is 1. The molecule has 3 N–H and O–H groups in total. The number of rotatable bonds is 8. The summed E-state index contributed by atoms with van der Waals surface area (Å²) in [5, 5.41) is 7.50. The predicted octanol–water partition coefficient (Wildman–Crippen LogP) is 2.36. The summed E-state index contributed by atoms with van der Waals surface area (Å²) in [7, 11) is 0. The van der Waals surface area contributed by atoms with Gasteiger partial charge in [-0.3, -0.25) is 9.48 Å². The van der Waals surface area contributed by atoms with Crippen molar-refractivity contribution in [2.24, 2.45) is 11.7 Å². The molecule has 1 unspecified atom stereocenters. The molecule has 0 saturated heterocycles. The molecule has 0 radical (unpaired) electrons. The van der Waals surface area contributed by atoms with Crippen LogP contribution in [-0.4, -0.2) is 28.3 Å². The standard InChI is InChI=1S/C16H30N4O.ClH/c1-11(2)10-20-14(5)15(13(4)19-20)6-7-16(21)18-9-8-12(3)17;/h11-12H,6-10,17H2,1-5H3,(H,18,21);1H. The van der Waals surface area contributed by atoms with E-state index in [2.05, 4.69) is 35.9 Å². The normalized spacial score (nSPS) is 12.1. The Kier molecular flexibility index (Phi) is 9.37. The Balaban J connectivity index is 0.00000441. The smallest absolute Gasteiger partial charge is 0.220 e. The van der Waals surface area contributed by atoms with Crippen molar-refractivity contribution in [1.29, 1.82) is 0 Å². The van der Waals surface area contributed by atoms with Gasteiger partial charge in [0.2, 0.25) is 5.91 Å². The van der Waals surface area contributed by atoms with Crippen LogP contribution in [0, 0.1) is 19.8 Å². The molecule has 5 nitrogen and oxygen atoms in total. The number of hydrogen-bond acceptors (Lipinski definition) is 3. The highest BCUT2D eigenvalue weighted by Crippen LogP contribution is 2.16. The van der Waals surface area contributed by atoms with Crippen LogP contribution >= 0.6 is 12.4 Å². The first-order chi connectivity index (χ1) is 9.81. The van der Waals surface area contributed by atoms with Crippen LogP contribution in [0.25, 0.3) is 0 Å².